The van der Waals surface area contributed by atoms with Crippen molar-refractivity contribution in [3.8, 4) is 6.07 Å². The Morgan fingerprint density at radius 1 is 1.20 bits per heavy atom. The normalized spacial score (nSPS) is 24.8. The van der Waals surface area contributed by atoms with Gasteiger partial charge in [-0.05, 0) is 44.5 Å². The van der Waals surface area contributed by atoms with Crippen molar-refractivity contribution in [3.63, 3.8) is 0 Å². The number of nitrogens with zero attached hydrogens (tertiary/aromatic N) is 4. The molecule has 2 aliphatic heterocycles. The first kappa shape index (κ1) is 13.3. The molecule has 0 bridgehead atoms. The van der Waals surface area contributed by atoms with Gasteiger partial charge in [0.1, 0.15) is 17.6 Å². The SMILES string of the molecule is N#Cc1cccc(N2CCC(N3CCC(N)CC3)C2)n1. The fourth-order valence-electron chi connectivity index (χ4n) is 3.19. The predicted octanol–water partition coefficient (Wildman–Crippen LogP) is 0.955. The quantitative estimate of drug-likeness (QED) is 0.867. The third-order valence-corrected chi connectivity index (χ3v) is 4.43. The molecule has 2 fully saturated rings. The number of anilines is 1. The summed E-state index contributed by atoms with van der Waals surface area (Å²) < 4.78 is 0. The highest BCUT2D eigenvalue weighted by molar-refractivity contribution is 5.42. The second-order valence-electron chi connectivity index (χ2n) is 5.75. The lowest BCUT2D eigenvalue weighted by Crippen LogP contribution is -2.46. The van der Waals surface area contributed by atoms with E-state index in [-0.39, 0.29) is 0 Å². The van der Waals surface area contributed by atoms with E-state index in [1.807, 2.05) is 12.1 Å². The second-order valence-corrected chi connectivity index (χ2v) is 5.75. The van der Waals surface area contributed by atoms with E-state index in [2.05, 4.69) is 20.9 Å². The maximum atomic E-state index is 8.93. The highest BCUT2D eigenvalue weighted by Crippen LogP contribution is 2.23. The minimum atomic E-state index is 0.387. The molecular formula is C15H21N5. The fraction of sp³-hybridized carbons (Fsp3) is 0.600. The number of piperidine rings is 1. The molecule has 0 radical (unpaired) electrons. The predicted molar refractivity (Wildman–Crippen MR) is 78.4 cm³/mol. The molecular weight excluding hydrogens is 250 g/mol. The van der Waals surface area contributed by atoms with Crippen molar-refractivity contribution in [2.24, 2.45) is 5.73 Å². The lowest BCUT2D eigenvalue weighted by molar-refractivity contribution is 0.163. The summed E-state index contributed by atoms with van der Waals surface area (Å²) in [6.45, 7) is 4.27. The van der Waals surface area contributed by atoms with Crippen LogP contribution in [0.5, 0.6) is 0 Å². The number of hydrogen-bond donors (Lipinski definition) is 1. The molecule has 0 amide bonds. The van der Waals surface area contributed by atoms with Crippen molar-refractivity contribution in [2.75, 3.05) is 31.1 Å². The van der Waals surface area contributed by atoms with Crippen LogP contribution in [0.3, 0.4) is 0 Å². The van der Waals surface area contributed by atoms with Crippen LogP contribution in [0.25, 0.3) is 0 Å². The maximum Gasteiger partial charge on any atom is 0.142 e. The Labute approximate surface area is 120 Å². The Kier molecular flexibility index (Phi) is 3.86. The number of pyridine rings is 1. The van der Waals surface area contributed by atoms with Gasteiger partial charge in [0.2, 0.25) is 0 Å². The molecule has 2 N–H and O–H groups in total. The van der Waals surface area contributed by atoms with E-state index in [9.17, 15) is 0 Å². The molecule has 1 atom stereocenters. The molecule has 0 saturated carbocycles. The summed E-state index contributed by atoms with van der Waals surface area (Å²) in [6, 6.07) is 8.76. The zero-order valence-electron chi connectivity index (χ0n) is 11.7. The van der Waals surface area contributed by atoms with Crippen molar-refractivity contribution in [2.45, 2.75) is 31.3 Å². The van der Waals surface area contributed by atoms with Gasteiger partial charge in [-0.1, -0.05) is 6.07 Å². The van der Waals surface area contributed by atoms with Crippen molar-refractivity contribution < 1.29 is 0 Å². The van der Waals surface area contributed by atoms with Crippen LogP contribution < -0.4 is 10.6 Å². The molecule has 20 heavy (non-hydrogen) atoms. The van der Waals surface area contributed by atoms with Gasteiger partial charge in [-0.25, -0.2) is 4.98 Å². The van der Waals surface area contributed by atoms with Gasteiger partial charge in [0.15, 0.2) is 0 Å². The standard InChI is InChI=1S/C15H21N5/c16-10-13-2-1-3-15(18-13)20-9-6-14(11-20)19-7-4-12(17)5-8-19/h1-3,12,14H,4-9,11,17H2. The van der Waals surface area contributed by atoms with Gasteiger partial charge in [0.05, 0.1) is 0 Å². The highest BCUT2D eigenvalue weighted by atomic mass is 15.3. The minimum Gasteiger partial charge on any atom is -0.355 e. The summed E-state index contributed by atoms with van der Waals surface area (Å²) in [6.07, 6.45) is 3.39. The van der Waals surface area contributed by atoms with Crippen LogP contribution in [-0.4, -0.2) is 48.1 Å². The molecule has 0 aromatic carbocycles. The van der Waals surface area contributed by atoms with Gasteiger partial charge in [0.25, 0.3) is 0 Å². The zero-order chi connectivity index (χ0) is 13.9. The van der Waals surface area contributed by atoms with Crippen molar-refractivity contribution >= 4 is 5.82 Å². The van der Waals surface area contributed by atoms with E-state index in [1.165, 1.54) is 6.42 Å². The van der Waals surface area contributed by atoms with Crippen LogP contribution >= 0.6 is 0 Å². The largest absolute Gasteiger partial charge is 0.355 e. The van der Waals surface area contributed by atoms with Crippen LogP contribution in [0.15, 0.2) is 18.2 Å². The number of rotatable bonds is 2. The molecule has 0 spiro atoms. The smallest absolute Gasteiger partial charge is 0.142 e. The zero-order valence-corrected chi connectivity index (χ0v) is 11.7. The first-order valence-corrected chi connectivity index (χ1v) is 7.38. The van der Waals surface area contributed by atoms with Crippen molar-refractivity contribution in [1.29, 1.82) is 5.26 Å². The molecule has 1 unspecified atom stereocenters. The number of aromatic nitrogens is 1. The van der Waals surface area contributed by atoms with Gasteiger partial charge in [-0.3, -0.25) is 4.90 Å². The van der Waals surface area contributed by atoms with E-state index in [0.717, 1.165) is 44.8 Å². The number of nitrogens with two attached hydrogens (primary N) is 1. The van der Waals surface area contributed by atoms with Crippen molar-refractivity contribution in [1.82, 2.24) is 9.88 Å². The first-order valence-electron chi connectivity index (χ1n) is 7.38. The first-order chi connectivity index (χ1) is 9.76. The Bertz CT molecular complexity index is 501. The van der Waals surface area contributed by atoms with Crippen molar-refractivity contribution in [3.05, 3.63) is 23.9 Å². The van der Waals surface area contributed by atoms with Crippen LogP contribution in [0.1, 0.15) is 25.0 Å². The van der Waals surface area contributed by atoms with Crippen LogP contribution in [0.2, 0.25) is 0 Å². The number of nitriles is 1. The molecule has 2 aliphatic rings. The second kappa shape index (κ2) is 5.78. The lowest BCUT2D eigenvalue weighted by Gasteiger charge is -2.34. The van der Waals surface area contributed by atoms with E-state index in [0.29, 0.717) is 17.8 Å². The topological polar surface area (TPSA) is 69.2 Å². The minimum absolute atomic E-state index is 0.387. The highest BCUT2D eigenvalue weighted by Gasteiger charge is 2.30. The van der Waals surface area contributed by atoms with E-state index < -0.39 is 0 Å². The number of likely N-dealkylation sites (tertiary alicyclic amines) is 1. The third-order valence-electron chi connectivity index (χ3n) is 4.43. The summed E-state index contributed by atoms with van der Waals surface area (Å²) in [5, 5.41) is 8.93. The Balaban J connectivity index is 1.63. The van der Waals surface area contributed by atoms with Crippen LogP contribution in [-0.2, 0) is 0 Å². The molecule has 3 heterocycles. The molecule has 1 aromatic heterocycles. The summed E-state index contributed by atoms with van der Waals surface area (Å²) in [7, 11) is 0. The van der Waals surface area contributed by atoms with Gasteiger partial charge in [0, 0.05) is 25.2 Å². The average molecular weight is 271 g/mol. The van der Waals surface area contributed by atoms with E-state index in [1.54, 1.807) is 6.07 Å². The number of hydrogen-bond acceptors (Lipinski definition) is 5. The average Bonchev–Trinajstić information content (AvgIpc) is 2.98. The molecule has 106 valence electrons. The van der Waals surface area contributed by atoms with Gasteiger partial charge in [-0.2, -0.15) is 5.26 Å². The fourth-order valence-corrected chi connectivity index (χ4v) is 3.19. The Hall–Kier alpha value is -1.64. The maximum absolute atomic E-state index is 8.93. The molecule has 5 nitrogen and oxygen atoms in total. The van der Waals surface area contributed by atoms with Crippen LogP contribution in [0, 0.1) is 11.3 Å². The van der Waals surface area contributed by atoms with Crippen LogP contribution in [0.4, 0.5) is 5.82 Å². The summed E-state index contributed by atoms with van der Waals surface area (Å²) in [5.74, 6) is 0.931. The van der Waals surface area contributed by atoms with E-state index >= 15 is 0 Å². The monoisotopic (exact) mass is 271 g/mol. The summed E-state index contributed by atoms with van der Waals surface area (Å²) in [4.78, 5) is 9.25. The lowest BCUT2D eigenvalue weighted by atomic mass is 10.0. The Morgan fingerprint density at radius 2 is 2.00 bits per heavy atom. The van der Waals surface area contributed by atoms with E-state index in [4.69, 9.17) is 11.0 Å². The van der Waals surface area contributed by atoms with Gasteiger partial charge >= 0.3 is 0 Å². The Morgan fingerprint density at radius 3 is 2.75 bits per heavy atom. The molecule has 3 rings (SSSR count). The molecule has 0 aliphatic carbocycles. The molecule has 5 heteroatoms. The summed E-state index contributed by atoms with van der Waals surface area (Å²) >= 11 is 0. The molecule has 2 saturated heterocycles. The third kappa shape index (κ3) is 2.77. The molecule has 1 aromatic rings. The van der Waals surface area contributed by atoms with Gasteiger partial charge < -0.3 is 10.6 Å². The summed E-state index contributed by atoms with van der Waals surface area (Å²) in [5.41, 5.74) is 6.46. The van der Waals surface area contributed by atoms with Gasteiger partial charge in [-0.15, -0.1) is 0 Å².